The van der Waals surface area contributed by atoms with Crippen molar-refractivity contribution in [1.82, 2.24) is 10.2 Å². The van der Waals surface area contributed by atoms with E-state index in [2.05, 4.69) is 5.32 Å². The quantitative estimate of drug-likeness (QED) is 0.246. The normalized spacial score (nSPS) is 12.0. The maximum absolute atomic E-state index is 13.9. The predicted molar refractivity (Wildman–Crippen MR) is 168 cm³/mol. The minimum atomic E-state index is -3.61. The van der Waals surface area contributed by atoms with E-state index in [1.807, 2.05) is 69.3 Å². The summed E-state index contributed by atoms with van der Waals surface area (Å²) in [7, 11) is -3.61. The van der Waals surface area contributed by atoms with Gasteiger partial charge in [-0.2, -0.15) is 0 Å². The molecule has 1 atom stereocenters. The third-order valence-electron chi connectivity index (χ3n) is 6.59. The van der Waals surface area contributed by atoms with Gasteiger partial charge in [0.15, 0.2) is 0 Å². The number of hydrogen-bond acceptors (Lipinski definition) is 5. The van der Waals surface area contributed by atoms with Gasteiger partial charge in [0.25, 0.3) is 0 Å². The first-order chi connectivity index (χ1) is 20.0. The van der Waals surface area contributed by atoms with E-state index in [-0.39, 0.29) is 43.8 Å². The Hall–Kier alpha value is -3.56. The molecular weight excluding hydrogens is 574 g/mol. The van der Waals surface area contributed by atoms with Gasteiger partial charge in [-0.15, -0.1) is 0 Å². The first-order valence-electron chi connectivity index (χ1n) is 14.1. The van der Waals surface area contributed by atoms with Gasteiger partial charge in [-0.25, -0.2) is 8.42 Å². The molecule has 0 saturated heterocycles. The van der Waals surface area contributed by atoms with E-state index in [0.29, 0.717) is 29.5 Å². The van der Waals surface area contributed by atoms with Crippen LogP contribution in [0.15, 0.2) is 78.9 Å². The number of benzene rings is 3. The van der Waals surface area contributed by atoms with Gasteiger partial charge in [-0.05, 0) is 68.7 Å². The van der Waals surface area contributed by atoms with Crippen molar-refractivity contribution < 1.29 is 22.7 Å². The molecule has 42 heavy (non-hydrogen) atoms. The number of carbonyl (C=O) groups excluding carboxylic acids is 2. The lowest BCUT2D eigenvalue weighted by Gasteiger charge is -2.32. The van der Waals surface area contributed by atoms with Crippen molar-refractivity contribution in [2.75, 3.05) is 23.7 Å². The average Bonchev–Trinajstić information content (AvgIpc) is 2.94. The zero-order chi connectivity index (χ0) is 30.7. The molecule has 0 heterocycles. The zero-order valence-corrected chi connectivity index (χ0v) is 26.2. The van der Waals surface area contributed by atoms with Gasteiger partial charge in [-0.1, -0.05) is 60.1 Å². The van der Waals surface area contributed by atoms with Gasteiger partial charge < -0.3 is 15.0 Å². The molecule has 0 aliphatic rings. The molecule has 226 valence electrons. The lowest BCUT2D eigenvalue weighted by Crippen LogP contribution is -2.51. The van der Waals surface area contributed by atoms with Gasteiger partial charge in [0.1, 0.15) is 11.8 Å². The highest BCUT2D eigenvalue weighted by molar-refractivity contribution is 7.92. The molecule has 0 aliphatic carbocycles. The number of anilines is 1. The Morgan fingerprint density at radius 1 is 0.952 bits per heavy atom. The molecule has 2 amide bonds. The van der Waals surface area contributed by atoms with E-state index < -0.39 is 16.1 Å². The maximum Gasteiger partial charge on any atom is 0.243 e. The summed E-state index contributed by atoms with van der Waals surface area (Å²) in [5.74, 6) is 0.112. The Kier molecular flexibility index (Phi) is 12.2. The second kappa shape index (κ2) is 15.6. The molecule has 0 aromatic heterocycles. The summed E-state index contributed by atoms with van der Waals surface area (Å²) in [5, 5.41) is 3.46. The number of nitrogens with zero attached hydrogens (tertiary/aromatic N) is 2. The number of nitrogens with one attached hydrogen (secondary N) is 1. The highest BCUT2D eigenvalue weighted by atomic mass is 35.5. The molecule has 3 rings (SSSR count). The number of carbonyl (C=O) groups is 2. The SMILES string of the molecule is CCOc1ccc(N(CCCC(=O)N(Cc2ccccc2Cl)[C@H](Cc2ccccc2)C(=O)NC(C)C)S(C)(=O)=O)cc1. The zero-order valence-electron chi connectivity index (χ0n) is 24.6. The lowest BCUT2D eigenvalue weighted by atomic mass is 10.0. The van der Waals surface area contributed by atoms with Crippen molar-refractivity contribution in [2.24, 2.45) is 0 Å². The van der Waals surface area contributed by atoms with Crippen LogP contribution >= 0.6 is 11.6 Å². The number of ether oxygens (including phenoxy) is 1. The van der Waals surface area contributed by atoms with E-state index in [4.69, 9.17) is 16.3 Å². The van der Waals surface area contributed by atoms with Crippen molar-refractivity contribution in [2.45, 2.75) is 58.7 Å². The van der Waals surface area contributed by atoms with Crippen LogP contribution in [0.25, 0.3) is 0 Å². The molecule has 8 nitrogen and oxygen atoms in total. The van der Waals surface area contributed by atoms with Crippen LogP contribution in [0.5, 0.6) is 5.75 Å². The van der Waals surface area contributed by atoms with E-state index in [1.165, 1.54) is 4.31 Å². The molecule has 1 N–H and O–H groups in total. The summed E-state index contributed by atoms with van der Waals surface area (Å²) in [6, 6.07) is 22.7. The van der Waals surface area contributed by atoms with Crippen LogP contribution < -0.4 is 14.4 Å². The molecule has 0 radical (unpaired) electrons. The number of hydrogen-bond donors (Lipinski definition) is 1. The van der Waals surface area contributed by atoms with Gasteiger partial charge in [0.05, 0.1) is 18.6 Å². The van der Waals surface area contributed by atoms with Crippen molar-refractivity contribution in [1.29, 1.82) is 0 Å². The van der Waals surface area contributed by atoms with Crippen LogP contribution in [0.4, 0.5) is 5.69 Å². The van der Waals surface area contributed by atoms with E-state index in [9.17, 15) is 18.0 Å². The summed E-state index contributed by atoms with van der Waals surface area (Å²) in [5.41, 5.74) is 2.12. The molecule has 10 heteroatoms. The standard InChI is InChI=1S/C32H40ClN3O5S/c1-5-41-28-19-17-27(18-20-28)36(42(4,39)40)21-11-16-31(37)35(23-26-14-9-10-15-29(26)33)30(32(38)34-24(2)3)22-25-12-7-6-8-13-25/h6-10,12-15,17-20,24,30H,5,11,16,21-23H2,1-4H3,(H,34,38)/t30-/m1/s1. The fourth-order valence-electron chi connectivity index (χ4n) is 4.62. The number of rotatable bonds is 15. The van der Waals surface area contributed by atoms with Crippen LogP contribution in [-0.2, 0) is 32.6 Å². The second-order valence-corrected chi connectivity index (χ2v) is 12.7. The molecule has 0 aliphatic heterocycles. The minimum absolute atomic E-state index is 0.0355. The largest absolute Gasteiger partial charge is 0.494 e. The molecule has 0 unspecified atom stereocenters. The van der Waals surface area contributed by atoms with Gasteiger partial charge >= 0.3 is 0 Å². The van der Waals surface area contributed by atoms with Crippen LogP contribution in [-0.4, -0.2) is 56.6 Å². The molecule has 0 bridgehead atoms. The highest BCUT2D eigenvalue weighted by Crippen LogP contribution is 2.24. The van der Waals surface area contributed by atoms with E-state index in [1.54, 1.807) is 35.2 Å². The first kappa shape index (κ1) is 32.9. The monoisotopic (exact) mass is 613 g/mol. The maximum atomic E-state index is 13.9. The first-order valence-corrected chi connectivity index (χ1v) is 16.3. The van der Waals surface area contributed by atoms with Crippen LogP contribution in [0.3, 0.4) is 0 Å². The molecule has 3 aromatic rings. The van der Waals surface area contributed by atoms with Crippen molar-refractivity contribution in [3.63, 3.8) is 0 Å². The summed E-state index contributed by atoms with van der Waals surface area (Å²) < 4.78 is 32.1. The molecule has 3 aromatic carbocycles. The van der Waals surface area contributed by atoms with Crippen LogP contribution in [0.1, 0.15) is 44.7 Å². The second-order valence-electron chi connectivity index (χ2n) is 10.3. The number of sulfonamides is 1. The van der Waals surface area contributed by atoms with Crippen molar-refractivity contribution >= 4 is 39.1 Å². The van der Waals surface area contributed by atoms with E-state index >= 15 is 0 Å². The topological polar surface area (TPSA) is 96.0 Å². The van der Waals surface area contributed by atoms with Crippen molar-refractivity contribution in [3.8, 4) is 5.75 Å². The van der Waals surface area contributed by atoms with Crippen LogP contribution in [0, 0.1) is 0 Å². The Bertz CT molecular complexity index is 1420. The fraction of sp³-hybridized carbons (Fsp3) is 0.375. The third kappa shape index (κ3) is 9.77. The Labute approximate surface area is 254 Å². The molecule has 0 spiro atoms. The van der Waals surface area contributed by atoms with Crippen molar-refractivity contribution in [3.05, 3.63) is 95.0 Å². The molecular formula is C32H40ClN3O5S. The Balaban J connectivity index is 1.87. The summed E-state index contributed by atoms with van der Waals surface area (Å²) >= 11 is 6.48. The highest BCUT2D eigenvalue weighted by Gasteiger charge is 2.31. The van der Waals surface area contributed by atoms with Gasteiger partial charge in [-0.3, -0.25) is 13.9 Å². The molecule has 0 saturated carbocycles. The Morgan fingerprint density at radius 2 is 1.60 bits per heavy atom. The smallest absolute Gasteiger partial charge is 0.243 e. The summed E-state index contributed by atoms with van der Waals surface area (Å²) in [4.78, 5) is 29.0. The predicted octanol–water partition coefficient (Wildman–Crippen LogP) is 5.45. The summed E-state index contributed by atoms with van der Waals surface area (Å²) in [6.07, 6.45) is 1.74. The van der Waals surface area contributed by atoms with Crippen LogP contribution in [0.2, 0.25) is 5.02 Å². The molecule has 0 fully saturated rings. The fourth-order valence-corrected chi connectivity index (χ4v) is 5.78. The van der Waals surface area contributed by atoms with E-state index in [0.717, 1.165) is 17.4 Å². The third-order valence-corrected chi connectivity index (χ3v) is 8.15. The minimum Gasteiger partial charge on any atom is -0.494 e. The average molecular weight is 614 g/mol. The van der Waals surface area contributed by atoms with Gasteiger partial charge in [0.2, 0.25) is 21.8 Å². The Morgan fingerprint density at radius 3 is 2.19 bits per heavy atom. The number of amides is 2. The summed E-state index contributed by atoms with van der Waals surface area (Å²) in [6.45, 7) is 6.36. The lowest BCUT2D eigenvalue weighted by molar-refractivity contribution is -0.141. The number of halogens is 1. The van der Waals surface area contributed by atoms with Gasteiger partial charge in [0, 0.05) is 37.0 Å².